The number of benzene rings is 1. The summed E-state index contributed by atoms with van der Waals surface area (Å²) in [5.74, 6) is 0.0796. The number of carbonyl (C=O) groups excluding carboxylic acids is 1. The van der Waals surface area contributed by atoms with Crippen LogP contribution in [0.25, 0.3) is 0 Å². The highest BCUT2D eigenvalue weighted by atomic mass is 79.9. The van der Waals surface area contributed by atoms with E-state index >= 15 is 0 Å². The van der Waals surface area contributed by atoms with Gasteiger partial charge >= 0.3 is 0 Å². The van der Waals surface area contributed by atoms with Crippen LogP contribution < -0.4 is 0 Å². The molecule has 2 rings (SSSR count). The molecule has 5 heteroatoms. The quantitative estimate of drug-likeness (QED) is 0.795. The third-order valence-corrected chi connectivity index (χ3v) is 3.72. The van der Waals surface area contributed by atoms with Gasteiger partial charge in [-0.05, 0) is 18.2 Å². The predicted octanol–water partition coefficient (Wildman–Crippen LogP) is 2.49. The van der Waals surface area contributed by atoms with Crippen molar-refractivity contribution in [2.24, 2.45) is 0 Å². The molecule has 0 aliphatic carbocycles. The number of amides is 1. The number of halogens is 2. The summed E-state index contributed by atoms with van der Waals surface area (Å²) in [6.45, 7) is 4.51. The molecule has 98 valence electrons. The van der Waals surface area contributed by atoms with E-state index in [-0.39, 0.29) is 5.91 Å². The van der Waals surface area contributed by atoms with Crippen LogP contribution in [0, 0.1) is 0 Å². The molecule has 0 radical (unpaired) electrons. The van der Waals surface area contributed by atoms with Crippen molar-refractivity contribution in [1.82, 2.24) is 9.80 Å². The maximum atomic E-state index is 12.3. The van der Waals surface area contributed by atoms with Crippen molar-refractivity contribution >= 4 is 33.4 Å². The number of carbonyl (C=O) groups is 1. The molecular weight excluding hydrogens is 316 g/mol. The van der Waals surface area contributed by atoms with Gasteiger partial charge in [0, 0.05) is 48.6 Å². The number of hydrogen-bond acceptors (Lipinski definition) is 2. The highest BCUT2D eigenvalue weighted by molar-refractivity contribution is 9.09. The summed E-state index contributed by atoms with van der Waals surface area (Å²) in [7, 11) is 0. The Morgan fingerprint density at radius 3 is 2.61 bits per heavy atom. The molecule has 18 heavy (non-hydrogen) atoms. The van der Waals surface area contributed by atoms with Crippen molar-refractivity contribution in [1.29, 1.82) is 0 Å². The van der Waals surface area contributed by atoms with Crippen LogP contribution in [0.5, 0.6) is 0 Å². The molecule has 1 aliphatic rings. The Morgan fingerprint density at radius 1 is 1.28 bits per heavy atom. The molecule has 1 aromatic carbocycles. The summed E-state index contributed by atoms with van der Waals surface area (Å²) >= 11 is 9.34. The van der Waals surface area contributed by atoms with E-state index in [0.717, 1.165) is 38.1 Å². The van der Waals surface area contributed by atoms with Crippen molar-refractivity contribution in [2.75, 3.05) is 38.1 Å². The van der Waals surface area contributed by atoms with Gasteiger partial charge in [-0.15, -0.1) is 0 Å². The summed E-state index contributed by atoms with van der Waals surface area (Å²) in [6.07, 6.45) is 0. The largest absolute Gasteiger partial charge is 0.336 e. The number of piperazine rings is 1. The van der Waals surface area contributed by atoms with Gasteiger partial charge < -0.3 is 4.90 Å². The van der Waals surface area contributed by atoms with Crippen LogP contribution in [-0.4, -0.2) is 53.8 Å². The number of alkyl halides is 1. The second-order valence-corrected chi connectivity index (χ2v) is 5.56. The zero-order valence-electron chi connectivity index (χ0n) is 10.1. The molecule has 1 saturated heterocycles. The van der Waals surface area contributed by atoms with Crippen LogP contribution in [0.15, 0.2) is 24.3 Å². The van der Waals surface area contributed by atoms with Gasteiger partial charge in [0.05, 0.1) is 0 Å². The second kappa shape index (κ2) is 6.55. The number of hydrogen-bond donors (Lipinski definition) is 0. The summed E-state index contributed by atoms with van der Waals surface area (Å²) in [4.78, 5) is 16.5. The molecule has 1 heterocycles. The maximum Gasteiger partial charge on any atom is 0.253 e. The normalized spacial score (nSPS) is 16.9. The van der Waals surface area contributed by atoms with Crippen LogP contribution in [0.2, 0.25) is 5.02 Å². The summed E-state index contributed by atoms with van der Waals surface area (Å²) in [6, 6.07) is 7.15. The Morgan fingerprint density at radius 2 is 2.00 bits per heavy atom. The first-order valence-electron chi connectivity index (χ1n) is 6.04. The molecule has 0 unspecified atom stereocenters. The summed E-state index contributed by atoms with van der Waals surface area (Å²) in [5.41, 5.74) is 0.677. The number of nitrogens with zero attached hydrogens (tertiary/aromatic N) is 2. The first-order chi connectivity index (χ1) is 8.70. The average molecular weight is 332 g/mol. The Hall–Kier alpha value is -0.580. The van der Waals surface area contributed by atoms with Gasteiger partial charge in [-0.3, -0.25) is 9.69 Å². The lowest BCUT2D eigenvalue weighted by Gasteiger charge is -2.34. The van der Waals surface area contributed by atoms with E-state index in [4.69, 9.17) is 11.6 Å². The van der Waals surface area contributed by atoms with Gasteiger partial charge in [0.1, 0.15) is 0 Å². The smallest absolute Gasteiger partial charge is 0.253 e. The van der Waals surface area contributed by atoms with Gasteiger partial charge in [0.25, 0.3) is 5.91 Å². The predicted molar refractivity (Wildman–Crippen MR) is 77.6 cm³/mol. The first-order valence-corrected chi connectivity index (χ1v) is 7.54. The highest BCUT2D eigenvalue weighted by Crippen LogP contribution is 2.14. The van der Waals surface area contributed by atoms with Crippen molar-refractivity contribution in [3.63, 3.8) is 0 Å². The van der Waals surface area contributed by atoms with Crippen molar-refractivity contribution in [3.8, 4) is 0 Å². The minimum atomic E-state index is 0.0796. The molecule has 0 atom stereocenters. The Labute approximate surface area is 121 Å². The minimum absolute atomic E-state index is 0.0796. The fourth-order valence-electron chi connectivity index (χ4n) is 2.10. The fourth-order valence-corrected chi connectivity index (χ4v) is 2.79. The van der Waals surface area contributed by atoms with Crippen LogP contribution in [-0.2, 0) is 0 Å². The fraction of sp³-hybridized carbons (Fsp3) is 0.462. The SMILES string of the molecule is O=C(c1cccc(Cl)c1)N1CCN(CCBr)CC1. The van der Waals surface area contributed by atoms with E-state index in [1.807, 2.05) is 17.0 Å². The lowest BCUT2D eigenvalue weighted by atomic mass is 10.2. The molecule has 0 bridgehead atoms. The summed E-state index contributed by atoms with van der Waals surface area (Å²) < 4.78 is 0. The van der Waals surface area contributed by atoms with Crippen LogP contribution in [0.3, 0.4) is 0 Å². The van der Waals surface area contributed by atoms with Gasteiger partial charge in [-0.1, -0.05) is 33.6 Å². The molecule has 1 fully saturated rings. The molecule has 0 spiro atoms. The van der Waals surface area contributed by atoms with Crippen molar-refractivity contribution in [2.45, 2.75) is 0 Å². The Balaban J connectivity index is 1.95. The van der Waals surface area contributed by atoms with E-state index in [1.165, 1.54) is 0 Å². The molecular formula is C13H16BrClN2O. The van der Waals surface area contributed by atoms with Crippen LogP contribution in [0.1, 0.15) is 10.4 Å². The van der Waals surface area contributed by atoms with E-state index < -0.39 is 0 Å². The van der Waals surface area contributed by atoms with Gasteiger partial charge in [-0.25, -0.2) is 0 Å². The molecule has 0 N–H and O–H groups in total. The zero-order valence-corrected chi connectivity index (χ0v) is 12.5. The summed E-state index contributed by atoms with van der Waals surface area (Å²) in [5, 5.41) is 1.59. The van der Waals surface area contributed by atoms with Crippen LogP contribution in [0.4, 0.5) is 0 Å². The van der Waals surface area contributed by atoms with Crippen LogP contribution >= 0.6 is 27.5 Å². The molecule has 1 amide bonds. The lowest BCUT2D eigenvalue weighted by Crippen LogP contribution is -2.49. The number of rotatable bonds is 3. The van der Waals surface area contributed by atoms with Gasteiger partial charge in [-0.2, -0.15) is 0 Å². The van der Waals surface area contributed by atoms with Gasteiger partial charge in [0.15, 0.2) is 0 Å². The Kier molecular flexibility index (Phi) is 5.03. The zero-order chi connectivity index (χ0) is 13.0. The van der Waals surface area contributed by atoms with Gasteiger partial charge in [0.2, 0.25) is 0 Å². The third-order valence-electron chi connectivity index (χ3n) is 3.13. The Bertz CT molecular complexity index is 419. The third kappa shape index (κ3) is 3.46. The molecule has 3 nitrogen and oxygen atoms in total. The standard InChI is InChI=1S/C13H16BrClN2O/c14-4-5-16-6-8-17(9-7-16)13(18)11-2-1-3-12(15)10-11/h1-3,10H,4-9H2. The van der Waals surface area contributed by atoms with E-state index in [1.54, 1.807) is 12.1 Å². The second-order valence-electron chi connectivity index (χ2n) is 4.33. The molecule has 0 aromatic heterocycles. The molecule has 1 aliphatic heterocycles. The average Bonchev–Trinajstić information content (AvgIpc) is 2.39. The topological polar surface area (TPSA) is 23.6 Å². The lowest BCUT2D eigenvalue weighted by molar-refractivity contribution is 0.0645. The monoisotopic (exact) mass is 330 g/mol. The molecule has 0 saturated carbocycles. The minimum Gasteiger partial charge on any atom is -0.336 e. The first kappa shape index (κ1) is 13.8. The van der Waals surface area contributed by atoms with Crippen molar-refractivity contribution < 1.29 is 4.79 Å². The van der Waals surface area contributed by atoms with Crippen molar-refractivity contribution in [3.05, 3.63) is 34.9 Å². The highest BCUT2D eigenvalue weighted by Gasteiger charge is 2.21. The van der Waals surface area contributed by atoms with E-state index in [2.05, 4.69) is 20.8 Å². The molecule has 1 aromatic rings. The van der Waals surface area contributed by atoms with E-state index in [9.17, 15) is 4.79 Å². The maximum absolute atomic E-state index is 12.3. The van der Waals surface area contributed by atoms with E-state index in [0.29, 0.717) is 10.6 Å².